The van der Waals surface area contributed by atoms with Gasteiger partial charge in [-0.3, -0.25) is 4.79 Å². The van der Waals surface area contributed by atoms with E-state index in [0.717, 1.165) is 0 Å². The van der Waals surface area contributed by atoms with Crippen LogP contribution in [0.5, 0.6) is 0 Å². The maximum atomic E-state index is 12.6. The zero-order valence-electron chi connectivity index (χ0n) is 15.2. The van der Waals surface area contributed by atoms with Crippen molar-refractivity contribution in [3.8, 4) is 6.26 Å². The number of fused-ring (bicyclic) bond motifs is 1. The van der Waals surface area contributed by atoms with Gasteiger partial charge in [-0.2, -0.15) is 5.26 Å². The molecule has 124 valence electrons. The normalized spacial score (nSPS) is 20.5. The number of carbonyl (C=O) groups is 2. The van der Waals surface area contributed by atoms with Gasteiger partial charge in [-0.1, -0.05) is 38.5 Å². The Bertz CT molecular complexity index is 653. The van der Waals surface area contributed by atoms with E-state index in [1.165, 1.54) is 4.90 Å². The molecule has 1 aromatic carbocycles. The molecule has 1 aliphatic rings. The zero-order chi connectivity index (χ0) is 17.0. The molecule has 1 aliphatic heterocycles. The van der Waals surface area contributed by atoms with Crippen LogP contribution in [0, 0.1) is 17.4 Å². The van der Waals surface area contributed by atoms with Crippen molar-refractivity contribution in [2.45, 2.75) is 32.4 Å². The Morgan fingerprint density at radius 1 is 1.54 bits per heavy atom. The van der Waals surface area contributed by atoms with Gasteiger partial charge in [0.2, 0.25) is 5.91 Å². The van der Waals surface area contributed by atoms with E-state index < -0.39 is 18.1 Å². The van der Waals surface area contributed by atoms with Gasteiger partial charge in [0.05, 0.1) is 6.04 Å². The second-order valence-corrected chi connectivity index (χ2v) is 5.57. The molecule has 0 bridgehead atoms. The third kappa shape index (κ3) is 4.29. The van der Waals surface area contributed by atoms with E-state index in [1.807, 2.05) is 13.8 Å². The molecule has 0 spiro atoms. The number of primary amides is 1. The fourth-order valence-electron chi connectivity index (χ4n) is 2.91. The molecule has 0 aliphatic carbocycles. The number of nitrogens with zero attached hydrogens (tertiary/aromatic N) is 2. The number of nitriles is 1. The Balaban J connectivity index is 0.00000288. The molecular weight excluding hydrogens is 335 g/mol. The Kier molecular flexibility index (Phi) is 8.19. The first kappa shape index (κ1) is 20.9. The molecule has 3 atom stereocenters. The van der Waals surface area contributed by atoms with Gasteiger partial charge in [0, 0.05) is 11.3 Å². The van der Waals surface area contributed by atoms with Gasteiger partial charge in [0.25, 0.3) is 6.26 Å². The SMILES string of the molecule is CC[C@H](C)[C@H]1C(=O)Nc2ccccc2C(COC#N)N1C(N)=O.[H-].[K+]. The number of benzene rings is 1. The third-order valence-electron chi connectivity index (χ3n) is 4.22. The van der Waals surface area contributed by atoms with E-state index in [4.69, 9.17) is 15.7 Å². The predicted octanol–water partition coefficient (Wildman–Crippen LogP) is -0.911. The number of nitrogens with one attached hydrogen (secondary N) is 1. The maximum Gasteiger partial charge on any atom is 1.00 e. The molecule has 8 heteroatoms. The van der Waals surface area contributed by atoms with Crippen LogP contribution in [0.25, 0.3) is 0 Å². The van der Waals surface area contributed by atoms with E-state index in [-0.39, 0.29) is 71.2 Å². The van der Waals surface area contributed by atoms with Gasteiger partial charge in [0.1, 0.15) is 12.6 Å². The van der Waals surface area contributed by atoms with E-state index in [0.29, 0.717) is 17.7 Å². The smallest absolute Gasteiger partial charge is 1.00 e. The molecule has 0 aromatic heterocycles. The summed E-state index contributed by atoms with van der Waals surface area (Å²) in [5.41, 5.74) is 6.86. The third-order valence-corrected chi connectivity index (χ3v) is 4.22. The fraction of sp³-hybridized carbons (Fsp3) is 0.438. The Morgan fingerprint density at radius 3 is 2.79 bits per heavy atom. The van der Waals surface area contributed by atoms with Crippen molar-refractivity contribution in [1.29, 1.82) is 5.26 Å². The minimum atomic E-state index is -0.725. The summed E-state index contributed by atoms with van der Waals surface area (Å²) in [5, 5.41) is 11.6. The maximum absolute atomic E-state index is 12.6. The first-order valence-electron chi connectivity index (χ1n) is 7.49. The quantitative estimate of drug-likeness (QED) is 0.538. The number of rotatable bonds is 4. The van der Waals surface area contributed by atoms with Crippen LogP contribution in [-0.4, -0.2) is 29.5 Å². The van der Waals surface area contributed by atoms with Crippen LogP contribution in [0.15, 0.2) is 24.3 Å². The monoisotopic (exact) mass is 356 g/mol. The number of hydrogen-bond acceptors (Lipinski definition) is 4. The summed E-state index contributed by atoms with van der Waals surface area (Å²) in [6, 6.07) is 5.08. The molecule has 0 saturated heterocycles. The minimum Gasteiger partial charge on any atom is -1.00 e. The van der Waals surface area contributed by atoms with Gasteiger partial charge in [0.15, 0.2) is 0 Å². The summed E-state index contributed by atoms with van der Waals surface area (Å²) in [7, 11) is 0. The predicted molar refractivity (Wildman–Crippen MR) is 85.2 cm³/mol. The summed E-state index contributed by atoms with van der Waals surface area (Å²) in [6.45, 7) is 3.77. The van der Waals surface area contributed by atoms with Gasteiger partial charge in [-0.25, -0.2) is 4.79 Å². The van der Waals surface area contributed by atoms with Gasteiger partial charge in [-0.15, -0.1) is 0 Å². The topological polar surface area (TPSA) is 108 Å². The van der Waals surface area contributed by atoms with Crippen LogP contribution in [0.1, 0.15) is 33.3 Å². The van der Waals surface area contributed by atoms with E-state index in [1.54, 1.807) is 30.5 Å². The fourth-order valence-corrected chi connectivity index (χ4v) is 2.91. The van der Waals surface area contributed by atoms with E-state index >= 15 is 0 Å². The standard InChI is InChI=1S/C16H20N4O3.K.H/c1-3-10(2)14-15(21)19-12-7-5-4-6-11(12)13(8-23-9-17)20(14)16(18)22;;/h4-7,10,13-14H,3,8H2,1-2H3,(H2,18,22)(H,19,21);;/q;+1;-1/t10-,13?,14-;;/m0../s1. The summed E-state index contributed by atoms with van der Waals surface area (Å²) in [5.74, 6) is -0.383. The second kappa shape index (κ2) is 9.39. The van der Waals surface area contributed by atoms with Crippen LogP contribution in [0.4, 0.5) is 10.5 Å². The molecule has 0 radical (unpaired) electrons. The molecule has 3 amide bonds. The molecule has 0 fully saturated rings. The molecular formula is C16H21KN4O3. The van der Waals surface area contributed by atoms with Crippen LogP contribution < -0.4 is 62.4 Å². The van der Waals surface area contributed by atoms with Crippen molar-refractivity contribution in [3.63, 3.8) is 0 Å². The Labute approximate surface area is 185 Å². The Hall–Kier alpha value is -1.11. The largest absolute Gasteiger partial charge is 1.00 e. The number of para-hydroxylation sites is 1. The number of anilines is 1. The number of ether oxygens (including phenoxy) is 1. The Morgan fingerprint density at radius 2 is 2.21 bits per heavy atom. The molecule has 1 aromatic rings. The molecule has 2 rings (SSSR count). The molecule has 1 heterocycles. The molecule has 1 unspecified atom stereocenters. The summed E-state index contributed by atoms with van der Waals surface area (Å²) in [4.78, 5) is 26.1. The van der Waals surface area contributed by atoms with Crippen molar-refractivity contribution in [2.75, 3.05) is 11.9 Å². The summed E-state index contributed by atoms with van der Waals surface area (Å²) < 4.78 is 4.88. The number of carbonyl (C=O) groups excluding carboxylic acids is 2. The van der Waals surface area contributed by atoms with Crippen molar-refractivity contribution in [3.05, 3.63) is 29.8 Å². The van der Waals surface area contributed by atoms with Crippen LogP contribution in [0.3, 0.4) is 0 Å². The first-order chi connectivity index (χ1) is 11.0. The van der Waals surface area contributed by atoms with E-state index in [2.05, 4.69) is 5.32 Å². The average Bonchev–Trinajstić information content (AvgIpc) is 2.66. The molecule has 7 nitrogen and oxygen atoms in total. The van der Waals surface area contributed by atoms with Crippen LogP contribution >= 0.6 is 0 Å². The average molecular weight is 356 g/mol. The van der Waals surface area contributed by atoms with Gasteiger partial charge < -0.3 is 22.1 Å². The molecule has 3 N–H and O–H groups in total. The van der Waals surface area contributed by atoms with Crippen molar-refractivity contribution in [1.82, 2.24) is 4.90 Å². The van der Waals surface area contributed by atoms with Gasteiger partial charge in [-0.05, 0) is 12.0 Å². The first-order valence-corrected chi connectivity index (χ1v) is 7.49. The van der Waals surface area contributed by atoms with Crippen LogP contribution in [-0.2, 0) is 9.53 Å². The minimum absolute atomic E-state index is 0. The molecule has 24 heavy (non-hydrogen) atoms. The van der Waals surface area contributed by atoms with Gasteiger partial charge >= 0.3 is 57.4 Å². The van der Waals surface area contributed by atoms with E-state index in [9.17, 15) is 9.59 Å². The second-order valence-electron chi connectivity index (χ2n) is 5.57. The number of nitrogens with two attached hydrogens (primary N) is 1. The van der Waals surface area contributed by atoms with Crippen molar-refractivity contribution < 1.29 is 67.1 Å². The number of amides is 3. The van der Waals surface area contributed by atoms with Crippen molar-refractivity contribution in [2.24, 2.45) is 11.7 Å². The van der Waals surface area contributed by atoms with Crippen molar-refractivity contribution >= 4 is 17.6 Å². The number of hydrogen-bond donors (Lipinski definition) is 2. The number of urea groups is 1. The van der Waals surface area contributed by atoms with Crippen LogP contribution in [0.2, 0.25) is 0 Å². The summed E-state index contributed by atoms with van der Waals surface area (Å²) >= 11 is 0. The molecule has 0 saturated carbocycles. The zero-order valence-corrected chi connectivity index (χ0v) is 17.3. The summed E-state index contributed by atoms with van der Waals surface area (Å²) in [6.07, 6.45) is 2.31.